The minimum absolute atomic E-state index is 0.0960. The highest BCUT2D eigenvalue weighted by Gasteiger charge is 2.19. The van der Waals surface area contributed by atoms with Crippen molar-refractivity contribution in [2.45, 2.75) is 31.3 Å². The maximum atomic E-state index is 10.1. The molecule has 0 aliphatic carbocycles. The van der Waals surface area contributed by atoms with Crippen molar-refractivity contribution < 1.29 is 25.2 Å². The van der Waals surface area contributed by atoms with Crippen LogP contribution in [0.1, 0.15) is 19.3 Å². The first kappa shape index (κ1) is 11.3. The number of carbonyl (C=O) groups is 1. The summed E-state index contributed by atoms with van der Waals surface area (Å²) in [7, 11) is 0. The van der Waals surface area contributed by atoms with Crippen molar-refractivity contribution in [2.75, 3.05) is 0 Å². The van der Waals surface area contributed by atoms with Gasteiger partial charge in [-0.05, 0) is 12.8 Å². The van der Waals surface area contributed by atoms with Gasteiger partial charge in [-0.25, -0.2) is 0 Å². The van der Waals surface area contributed by atoms with E-state index < -0.39 is 18.0 Å². The van der Waals surface area contributed by atoms with Crippen molar-refractivity contribution in [3.05, 3.63) is 0 Å². The average molecular weight is 179 g/mol. The molecule has 0 bridgehead atoms. The number of aliphatic hydroxyl groups is 3. The highest BCUT2D eigenvalue weighted by Crippen LogP contribution is 2.07. The highest BCUT2D eigenvalue weighted by atomic mass is 16.7. The predicted octanol–water partition coefficient (Wildman–Crippen LogP) is -1.80. The maximum absolute atomic E-state index is 10.1. The van der Waals surface area contributed by atoms with E-state index in [1.165, 1.54) is 0 Å². The van der Waals surface area contributed by atoms with Crippen LogP contribution >= 0.6 is 0 Å². The van der Waals surface area contributed by atoms with Gasteiger partial charge in [0.2, 0.25) is 0 Å². The number of aliphatic carboxylic acids is 1. The number of rotatable bonds is 5. The van der Waals surface area contributed by atoms with Crippen molar-refractivity contribution in [3.8, 4) is 0 Å². The Labute approximate surface area is 69.2 Å². The third-order valence-electron chi connectivity index (χ3n) is 1.34. The summed E-state index contributed by atoms with van der Waals surface area (Å²) in [5.74, 6) is -3.87. The molecule has 0 rings (SSSR count). The zero-order valence-corrected chi connectivity index (χ0v) is 6.47. The summed E-state index contributed by atoms with van der Waals surface area (Å²) in [6.07, 6.45) is -0.0797. The highest BCUT2D eigenvalue weighted by molar-refractivity contribution is 5.72. The molecule has 6 heteroatoms. The van der Waals surface area contributed by atoms with E-state index in [1.807, 2.05) is 0 Å². The minimum Gasteiger partial charge on any atom is -0.480 e. The van der Waals surface area contributed by atoms with Crippen molar-refractivity contribution in [1.82, 2.24) is 0 Å². The summed E-state index contributed by atoms with van der Waals surface area (Å²) in [5.41, 5.74) is 5.10. The molecule has 0 amide bonds. The first-order chi connectivity index (χ1) is 5.33. The lowest BCUT2D eigenvalue weighted by atomic mass is 10.1. The van der Waals surface area contributed by atoms with Gasteiger partial charge >= 0.3 is 5.97 Å². The molecule has 0 heterocycles. The zero-order valence-electron chi connectivity index (χ0n) is 6.47. The first-order valence-electron chi connectivity index (χ1n) is 3.48. The molecule has 0 saturated heterocycles. The van der Waals surface area contributed by atoms with Crippen molar-refractivity contribution in [2.24, 2.45) is 5.73 Å². The standard InChI is InChI=1S/C6H13NO5/c7-4(5(8)9)2-1-3-6(10,11)12/h4,10-12H,1-3,7H2,(H,8,9)/t4-/m0/s1. The van der Waals surface area contributed by atoms with Crippen LogP contribution in [0.5, 0.6) is 0 Å². The normalized spacial score (nSPS) is 14.3. The molecule has 12 heavy (non-hydrogen) atoms. The van der Waals surface area contributed by atoms with Gasteiger partial charge in [0.1, 0.15) is 6.04 Å². The Hall–Kier alpha value is -0.690. The fraction of sp³-hybridized carbons (Fsp3) is 0.833. The summed E-state index contributed by atoms with van der Waals surface area (Å²) in [4.78, 5) is 10.1. The van der Waals surface area contributed by atoms with Crippen LogP contribution in [0.2, 0.25) is 0 Å². The van der Waals surface area contributed by atoms with Gasteiger partial charge in [0, 0.05) is 6.42 Å². The molecule has 0 aromatic heterocycles. The van der Waals surface area contributed by atoms with Gasteiger partial charge in [-0.3, -0.25) is 4.79 Å². The number of carboxylic acid groups (broad SMARTS) is 1. The van der Waals surface area contributed by atoms with E-state index >= 15 is 0 Å². The van der Waals surface area contributed by atoms with E-state index in [4.69, 9.17) is 26.2 Å². The SMILES string of the molecule is N[C@@H](CCCC(O)(O)O)C(=O)O. The summed E-state index contributed by atoms with van der Waals surface area (Å²) in [6, 6.07) is -1.02. The fourth-order valence-electron chi connectivity index (χ4n) is 0.683. The minimum atomic E-state index is -2.72. The van der Waals surface area contributed by atoms with Gasteiger partial charge in [-0.1, -0.05) is 0 Å². The first-order valence-corrected chi connectivity index (χ1v) is 3.48. The van der Waals surface area contributed by atoms with Crippen LogP contribution in [0.4, 0.5) is 0 Å². The Bertz CT molecular complexity index is 153. The lowest BCUT2D eigenvalue weighted by molar-refractivity contribution is -0.315. The zero-order chi connectivity index (χ0) is 9.78. The third kappa shape index (κ3) is 6.05. The molecule has 0 unspecified atom stereocenters. The van der Waals surface area contributed by atoms with E-state index in [-0.39, 0.29) is 19.3 Å². The Kier molecular flexibility index (Phi) is 4.11. The van der Waals surface area contributed by atoms with E-state index in [1.54, 1.807) is 0 Å². The number of carboxylic acids is 1. The smallest absolute Gasteiger partial charge is 0.320 e. The van der Waals surface area contributed by atoms with Gasteiger partial charge < -0.3 is 26.2 Å². The maximum Gasteiger partial charge on any atom is 0.320 e. The van der Waals surface area contributed by atoms with Crippen LogP contribution in [-0.2, 0) is 4.79 Å². The molecule has 0 radical (unpaired) electrons. The van der Waals surface area contributed by atoms with Gasteiger partial charge in [-0.15, -0.1) is 0 Å². The Morgan fingerprint density at radius 1 is 1.42 bits per heavy atom. The molecular formula is C6H13NO5. The summed E-state index contributed by atoms with van der Waals surface area (Å²) in [6.45, 7) is 0. The molecule has 0 aromatic carbocycles. The predicted molar refractivity (Wildman–Crippen MR) is 38.8 cm³/mol. The van der Waals surface area contributed by atoms with Crippen molar-refractivity contribution >= 4 is 5.97 Å². The van der Waals surface area contributed by atoms with Gasteiger partial charge in [0.05, 0.1) is 0 Å². The van der Waals surface area contributed by atoms with Crippen LogP contribution in [0.3, 0.4) is 0 Å². The molecule has 0 aliphatic rings. The largest absolute Gasteiger partial charge is 0.480 e. The summed E-state index contributed by atoms with van der Waals surface area (Å²) >= 11 is 0. The van der Waals surface area contributed by atoms with Crippen LogP contribution in [0.15, 0.2) is 0 Å². The van der Waals surface area contributed by atoms with E-state index in [0.717, 1.165) is 0 Å². The molecule has 0 aliphatic heterocycles. The molecule has 6 N–H and O–H groups in total. The van der Waals surface area contributed by atoms with Crippen LogP contribution in [-0.4, -0.2) is 38.4 Å². The Morgan fingerprint density at radius 2 is 1.92 bits per heavy atom. The molecule has 0 aromatic rings. The molecule has 72 valence electrons. The monoisotopic (exact) mass is 179 g/mol. The van der Waals surface area contributed by atoms with Crippen molar-refractivity contribution in [1.29, 1.82) is 0 Å². The molecule has 6 nitrogen and oxygen atoms in total. The molecule has 0 saturated carbocycles. The average Bonchev–Trinajstić information content (AvgIpc) is 1.84. The van der Waals surface area contributed by atoms with Crippen LogP contribution in [0, 0.1) is 0 Å². The summed E-state index contributed by atoms with van der Waals surface area (Å²) in [5, 5.41) is 33.5. The van der Waals surface area contributed by atoms with Gasteiger partial charge in [0.15, 0.2) is 0 Å². The van der Waals surface area contributed by atoms with E-state index in [9.17, 15) is 4.79 Å². The quantitative estimate of drug-likeness (QED) is 0.317. The molecule has 1 atom stereocenters. The number of hydrogen-bond acceptors (Lipinski definition) is 5. The topological polar surface area (TPSA) is 124 Å². The molecule has 0 spiro atoms. The lowest BCUT2D eigenvalue weighted by Gasteiger charge is -2.13. The van der Waals surface area contributed by atoms with E-state index in [0.29, 0.717) is 0 Å². The number of nitrogens with two attached hydrogens (primary N) is 1. The lowest BCUT2D eigenvalue weighted by Crippen LogP contribution is -2.32. The van der Waals surface area contributed by atoms with Gasteiger partial charge in [-0.2, -0.15) is 0 Å². The number of hydrogen-bond donors (Lipinski definition) is 5. The van der Waals surface area contributed by atoms with Gasteiger partial charge in [0.25, 0.3) is 5.97 Å². The Morgan fingerprint density at radius 3 is 2.25 bits per heavy atom. The summed E-state index contributed by atoms with van der Waals surface area (Å²) < 4.78 is 0. The molecular weight excluding hydrogens is 166 g/mol. The van der Waals surface area contributed by atoms with Crippen molar-refractivity contribution in [3.63, 3.8) is 0 Å². The van der Waals surface area contributed by atoms with Crippen LogP contribution in [0.25, 0.3) is 0 Å². The fourth-order valence-corrected chi connectivity index (χ4v) is 0.683. The molecule has 0 fully saturated rings. The second-order valence-electron chi connectivity index (χ2n) is 2.61. The van der Waals surface area contributed by atoms with Crippen LogP contribution < -0.4 is 5.73 Å². The third-order valence-corrected chi connectivity index (χ3v) is 1.34. The van der Waals surface area contributed by atoms with E-state index in [2.05, 4.69) is 0 Å². The second-order valence-corrected chi connectivity index (χ2v) is 2.61. The Balaban J connectivity index is 3.51. The second kappa shape index (κ2) is 4.36.